The molecule has 2 aliphatic rings. The molecule has 0 spiro atoms. The molecule has 0 radical (unpaired) electrons. The van der Waals surface area contributed by atoms with Crippen molar-refractivity contribution in [3.8, 4) is 11.5 Å². The van der Waals surface area contributed by atoms with Crippen LogP contribution in [0.25, 0.3) is 33.7 Å². The van der Waals surface area contributed by atoms with Gasteiger partial charge in [0.25, 0.3) is 0 Å². The number of allylic oxidation sites excluding steroid dienone is 2. The van der Waals surface area contributed by atoms with Crippen molar-refractivity contribution in [2.24, 2.45) is 0 Å². The van der Waals surface area contributed by atoms with E-state index in [0.717, 1.165) is 35.9 Å². The summed E-state index contributed by atoms with van der Waals surface area (Å²) in [5.74, 6) is 3.96. The van der Waals surface area contributed by atoms with E-state index < -0.39 is 0 Å². The summed E-state index contributed by atoms with van der Waals surface area (Å²) >= 11 is 0. The van der Waals surface area contributed by atoms with Crippen LogP contribution in [0.5, 0.6) is 11.5 Å². The normalized spacial score (nSPS) is 13.0. The zero-order valence-electron chi connectivity index (χ0n) is 21.9. The Balaban J connectivity index is 0.000000168. The van der Waals surface area contributed by atoms with Gasteiger partial charge in [0.1, 0.15) is 23.0 Å². The van der Waals surface area contributed by atoms with Crippen molar-refractivity contribution in [1.29, 1.82) is 0 Å². The van der Waals surface area contributed by atoms with Gasteiger partial charge in [-0.15, -0.1) is 0 Å². The second-order valence-electron chi connectivity index (χ2n) is 8.83. The molecule has 0 fully saturated rings. The molecular weight excluding hydrogens is 464 g/mol. The summed E-state index contributed by atoms with van der Waals surface area (Å²) < 4.78 is 22.2. The Morgan fingerprint density at radius 2 is 1.03 bits per heavy atom. The van der Waals surface area contributed by atoms with Gasteiger partial charge in [0.05, 0.1) is 27.4 Å². The van der Waals surface area contributed by atoms with Gasteiger partial charge in [-0.1, -0.05) is 48.5 Å². The Morgan fingerprint density at radius 1 is 0.595 bits per heavy atom. The van der Waals surface area contributed by atoms with Gasteiger partial charge in [0, 0.05) is 23.6 Å². The van der Waals surface area contributed by atoms with Crippen molar-refractivity contribution in [1.82, 2.24) is 0 Å². The highest BCUT2D eigenvalue weighted by atomic mass is 16.5. The molecule has 2 aliphatic carbocycles. The van der Waals surface area contributed by atoms with Crippen molar-refractivity contribution < 1.29 is 24.4 Å². The van der Waals surface area contributed by atoms with E-state index in [1.54, 1.807) is 14.2 Å². The summed E-state index contributed by atoms with van der Waals surface area (Å²) in [5, 5.41) is 4.98. The molecule has 0 saturated heterocycles. The van der Waals surface area contributed by atoms with E-state index in [-0.39, 0.29) is 5.48 Å². The summed E-state index contributed by atoms with van der Waals surface area (Å²) in [6, 6.07) is 21.0. The van der Waals surface area contributed by atoms with Crippen molar-refractivity contribution >= 4 is 33.7 Å². The van der Waals surface area contributed by atoms with Crippen molar-refractivity contribution in [2.75, 3.05) is 27.4 Å². The molecule has 0 amide bonds. The van der Waals surface area contributed by atoms with E-state index in [2.05, 4.69) is 60.7 Å². The largest absolute Gasteiger partial charge is 0.501 e. The number of hydrogen-bond donors (Lipinski definition) is 0. The molecule has 4 aromatic rings. The minimum Gasteiger partial charge on any atom is -0.501 e. The van der Waals surface area contributed by atoms with E-state index in [0.29, 0.717) is 13.2 Å². The Kier molecular flexibility index (Phi) is 8.04. The Hall–Kier alpha value is -3.96. The zero-order valence-corrected chi connectivity index (χ0v) is 21.9. The summed E-state index contributed by atoms with van der Waals surface area (Å²) in [7, 11) is 3.46. The van der Waals surface area contributed by atoms with Crippen LogP contribution in [-0.2, 0) is 22.3 Å². The van der Waals surface area contributed by atoms with E-state index in [4.69, 9.17) is 18.9 Å². The molecule has 0 aromatic heterocycles. The number of rotatable bonds is 6. The second-order valence-corrected chi connectivity index (χ2v) is 8.83. The number of ether oxygens (including phenoxy) is 4. The number of methoxy groups -OCH3 is 2. The summed E-state index contributed by atoms with van der Waals surface area (Å²) in [6.45, 7) is 5.41. The van der Waals surface area contributed by atoms with Crippen LogP contribution in [0.4, 0.5) is 0 Å². The van der Waals surface area contributed by atoms with Gasteiger partial charge in [-0.25, -0.2) is 0 Å². The summed E-state index contributed by atoms with van der Waals surface area (Å²) in [6.07, 6.45) is 5.95. The molecule has 0 bridgehead atoms. The fraction of sp³-hybridized carbons (Fsp3) is 0.250. The molecule has 5 heteroatoms. The zero-order chi connectivity index (χ0) is 25.1. The first-order chi connectivity index (χ1) is 17.7. The molecule has 5 nitrogen and oxygen atoms in total. The fourth-order valence-corrected chi connectivity index (χ4v) is 5.15. The number of hydrogen-bond acceptors (Lipinski definition) is 4. The standard InChI is InChI=1S/2C16H16O2.H2O/c2*1-3-18-15-8-7-12-10-13(17-2)9-11-5-4-6-14(15)16(11)12;/h2*4-8,10H,3,9H2,1-2H3;1H2. The monoisotopic (exact) mass is 498 g/mol. The highest BCUT2D eigenvalue weighted by Gasteiger charge is 2.17. The second kappa shape index (κ2) is 11.4. The molecule has 2 N–H and O–H groups in total. The van der Waals surface area contributed by atoms with Crippen LogP contribution in [-0.4, -0.2) is 32.9 Å². The van der Waals surface area contributed by atoms with Gasteiger partial charge in [0.15, 0.2) is 0 Å². The van der Waals surface area contributed by atoms with E-state index in [9.17, 15) is 0 Å². The highest BCUT2D eigenvalue weighted by molar-refractivity contribution is 6.00. The first-order valence-corrected chi connectivity index (χ1v) is 12.5. The topological polar surface area (TPSA) is 68.4 Å². The predicted molar refractivity (Wildman–Crippen MR) is 151 cm³/mol. The van der Waals surface area contributed by atoms with E-state index >= 15 is 0 Å². The smallest absolute Gasteiger partial charge is 0.127 e. The van der Waals surface area contributed by atoms with Crippen LogP contribution in [0.15, 0.2) is 72.2 Å². The lowest BCUT2D eigenvalue weighted by molar-refractivity contribution is 0.287. The lowest BCUT2D eigenvalue weighted by Gasteiger charge is -2.18. The number of benzene rings is 4. The predicted octanol–water partition coefficient (Wildman–Crippen LogP) is 6.74. The third kappa shape index (κ3) is 5.00. The lowest BCUT2D eigenvalue weighted by atomic mass is 9.92. The Labute approximate surface area is 218 Å². The van der Waals surface area contributed by atoms with Gasteiger partial charge in [0.2, 0.25) is 0 Å². The minimum absolute atomic E-state index is 0. The molecule has 0 unspecified atom stereocenters. The fourth-order valence-electron chi connectivity index (χ4n) is 5.15. The molecule has 0 heterocycles. The first kappa shape index (κ1) is 26.1. The van der Waals surface area contributed by atoms with Gasteiger partial charge in [-0.05, 0) is 71.2 Å². The van der Waals surface area contributed by atoms with Crippen molar-refractivity contribution in [3.63, 3.8) is 0 Å². The first-order valence-electron chi connectivity index (χ1n) is 12.5. The van der Waals surface area contributed by atoms with Crippen LogP contribution in [0.3, 0.4) is 0 Å². The maximum absolute atomic E-state index is 5.70. The van der Waals surface area contributed by atoms with Gasteiger partial charge >= 0.3 is 0 Å². The molecule has 0 aliphatic heterocycles. The maximum Gasteiger partial charge on any atom is 0.127 e. The van der Waals surface area contributed by atoms with Gasteiger partial charge in [-0.2, -0.15) is 0 Å². The molecule has 0 saturated carbocycles. The molecule has 192 valence electrons. The third-order valence-electron chi connectivity index (χ3n) is 6.72. The van der Waals surface area contributed by atoms with Crippen molar-refractivity contribution in [2.45, 2.75) is 26.7 Å². The third-order valence-corrected chi connectivity index (χ3v) is 6.72. The minimum atomic E-state index is 0. The van der Waals surface area contributed by atoms with Crippen LogP contribution < -0.4 is 9.47 Å². The SMILES string of the molecule is CCOc1ccc2c3c(cccc13)CC(OC)=C2.CCOc1ccc2c3c(cccc13)CC(OC)=C2.O. The quantitative estimate of drug-likeness (QED) is 0.295. The average Bonchev–Trinajstić information content (AvgIpc) is 2.92. The Morgan fingerprint density at radius 3 is 1.41 bits per heavy atom. The van der Waals surface area contributed by atoms with Crippen LogP contribution >= 0.6 is 0 Å². The molecule has 4 aromatic carbocycles. The maximum atomic E-state index is 5.70. The lowest BCUT2D eigenvalue weighted by Crippen LogP contribution is -2.02. The van der Waals surface area contributed by atoms with E-state index in [1.807, 2.05) is 26.0 Å². The molecule has 6 rings (SSSR count). The highest BCUT2D eigenvalue weighted by Crippen LogP contribution is 2.37. The Bertz CT molecular complexity index is 1370. The summed E-state index contributed by atoms with van der Waals surface area (Å²) in [4.78, 5) is 0. The van der Waals surface area contributed by atoms with Crippen molar-refractivity contribution in [3.05, 3.63) is 94.4 Å². The van der Waals surface area contributed by atoms with E-state index in [1.165, 1.54) is 43.8 Å². The van der Waals surface area contributed by atoms with Gasteiger partial charge < -0.3 is 24.4 Å². The van der Waals surface area contributed by atoms with Crippen LogP contribution in [0.2, 0.25) is 0 Å². The summed E-state index contributed by atoms with van der Waals surface area (Å²) in [5.41, 5.74) is 5.05. The average molecular weight is 499 g/mol. The molecular formula is C32H34O5. The van der Waals surface area contributed by atoms with Crippen LogP contribution in [0.1, 0.15) is 36.1 Å². The van der Waals surface area contributed by atoms with Gasteiger partial charge in [-0.3, -0.25) is 0 Å². The van der Waals surface area contributed by atoms with Crippen LogP contribution in [0, 0.1) is 0 Å². The molecule has 0 atom stereocenters. The molecule has 37 heavy (non-hydrogen) atoms.